The maximum Gasteiger partial charge on any atom is 0.00439 e. The van der Waals surface area contributed by atoms with E-state index in [9.17, 15) is 0 Å². The molecule has 1 nitrogen and oxygen atoms in total. The molecule has 0 rings (SSSR count). The van der Waals surface area contributed by atoms with E-state index in [-0.39, 0.29) is 0 Å². The van der Waals surface area contributed by atoms with Gasteiger partial charge in [-0.15, -0.1) is 0 Å². The first-order valence-electron chi connectivity index (χ1n) is 8.64. The van der Waals surface area contributed by atoms with Gasteiger partial charge in [0.05, 0.1) is 0 Å². The lowest BCUT2D eigenvalue weighted by Crippen LogP contribution is -2.23. The number of hydrogen-bond donors (Lipinski definition) is 0. The Morgan fingerprint density at radius 2 is 1.67 bits per heavy atom. The van der Waals surface area contributed by atoms with E-state index in [0.29, 0.717) is 11.3 Å². The van der Waals surface area contributed by atoms with Crippen molar-refractivity contribution in [1.29, 1.82) is 0 Å². The number of allylic oxidation sites excluding steroid dienone is 2. The van der Waals surface area contributed by atoms with Crippen molar-refractivity contribution in [3.63, 3.8) is 0 Å². The van der Waals surface area contributed by atoms with Gasteiger partial charge in [-0.25, -0.2) is 0 Å². The second kappa shape index (κ2) is 9.46. The minimum absolute atomic E-state index is 0.390. The molecule has 0 amide bonds. The molecule has 0 aliphatic rings. The molecule has 0 saturated heterocycles. The average molecular weight is 294 g/mol. The lowest BCUT2D eigenvalue weighted by molar-refractivity contribution is 0.342. The van der Waals surface area contributed by atoms with E-state index in [0.717, 1.165) is 6.54 Å². The van der Waals surface area contributed by atoms with Gasteiger partial charge in [-0.05, 0) is 69.2 Å². The summed E-state index contributed by atoms with van der Waals surface area (Å²) in [6.07, 6.45) is 6.02. The van der Waals surface area contributed by atoms with E-state index >= 15 is 0 Å². The molecule has 0 aromatic carbocycles. The van der Waals surface area contributed by atoms with Gasteiger partial charge in [-0.1, -0.05) is 53.2 Å². The zero-order chi connectivity index (χ0) is 16.6. The van der Waals surface area contributed by atoms with Crippen LogP contribution in [0.4, 0.5) is 0 Å². The van der Waals surface area contributed by atoms with E-state index in [2.05, 4.69) is 67.1 Å². The Morgan fingerprint density at radius 1 is 1.10 bits per heavy atom. The normalized spacial score (nSPS) is 15.1. The first-order chi connectivity index (χ1) is 9.62. The van der Waals surface area contributed by atoms with E-state index < -0.39 is 0 Å². The summed E-state index contributed by atoms with van der Waals surface area (Å²) in [5.41, 5.74) is 4.90. The predicted molar refractivity (Wildman–Crippen MR) is 97.8 cm³/mol. The molecule has 0 unspecified atom stereocenters. The molecule has 0 radical (unpaired) electrons. The molecule has 1 heteroatoms. The molecule has 0 aromatic rings. The van der Waals surface area contributed by atoms with Gasteiger partial charge in [-0.3, -0.25) is 0 Å². The molecule has 0 N–H and O–H groups in total. The first kappa shape index (κ1) is 20.4. The number of rotatable bonds is 9. The Bertz CT molecular complexity index is 341. The third kappa shape index (κ3) is 8.46. The van der Waals surface area contributed by atoms with Crippen LogP contribution in [0.3, 0.4) is 0 Å². The fourth-order valence-corrected chi connectivity index (χ4v) is 2.85. The largest absolute Gasteiger partial charge is 0.309 e. The standard InChI is InChI=1S/C20H39N/c1-10-12-16(3)19(13-14-20(5,6)7)17(4)18(11-2)15-21(8)9/h18H,4,10-15H2,1-3,5-9H3/b19-16-/t18-/m1/s1. The van der Waals surface area contributed by atoms with Gasteiger partial charge >= 0.3 is 0 Å². The molecule has 0 aromatic heterocycles. The molecule has 0 bridgehead atoms. The molecular weight excluding hydrogens is 254 g/mol. The van der Waals surface area contributed by atoms with Crippen LogP contribution in [0.25, 0.3) is 0 Å². The van der Waals surface area contributed by atoms with Gasteiger partial charge in [0.1, 0.15) is 0 Å². The summed E-state index contributed by atoms with van der Waals surface area (Å²) < 4.78 is 0. The molecule has 1 atom stereocenters. The minimum atomic E-state index is 0.390. The van der Waals surface area contributed by atoms with Crippen molar-refractivity contribution in [2.24, 2.45) is 11.3 Å². The van der Waals surface area contributed by atoms with Gasteiger partial charge in [0.25, 0.3) is 0 Å². The molecule has 21 heavy (non-hydrogen) atoms. The second-order valence-corrected chi connectivity index (χ2v) is 7.96. The van der Waals surface area contributed by atoms with Crippen LogP contribution in [-0.4, -0.2) is 25.5 Å². The quantitative estimate of drug-likeness (QED) is 0.466. The fraction of sp³-hybridized carbons (Fsp3) is 0.800. The van der Waals surface area contributed by atoms with Crippen molar-refractivity contribution < 1.29 is 0 Å². The highest BCUT2D eigenvalue weighted by Crippen LogP contribution is 2.33. The molecular formula is C20H39N. The summed E-state index contributed by atoms with van der Waals surface area (Å²) >= 11 is 0. The molecule has 0 aliphatic heterocycles. The lowest BCUT2D eigenvalue weighted by atomic mass is 9.81. The Hall–Kier alpha value is -0.560. The monoisotopic (exact) mass is 293 g/mol. The topological polar surface area (TPSA) is 3.24 Å². The van der Waals surface area contributed by atoms with E-state index in [1.165, 1.54) is 37.7 Å². The highest BCUT2D eigenvalue weighted by atomic mass is 15.1. The molecule has 0 fully saturated rings. The van der Waals surface area contributed by atoms with Crippen LogP contribution in [0, 0.1) is 11.3 Å². The SMILES string of the molecule is C=C(/C(CCC(C)(C)C)=C(/C)CCC)[C@H](CC)CN(C)C. The maximum absolute atomic E-state index is 4.50. The van der Waals surface area contributed by atoms with Crippen LogP contribution in [0.15, 0.2) is 23.3 Å². The van der Waals surface area contributed by atoms with Gasteiger partial charge in [0, 0.05) is 6.54 Å². The molecule has 0 aliphatic carbocycles. The zero-order valence-electron chi connectivity index (χ0n) is 16.0. The lowest BCUT2D eigenvalue weighted by Gasteiger charge is -2.27. The van der Waals surface area contributed by atoms with E-state index in [4.69, 9.17) is 0 Å². The third-order valence-corrected chi connectivity index (χ3v) is 4.22. The van der Waals surface area contributed by atoms with Crippen LogP contribution < -0.4 is 0 Å². The summed E-state index contributed by atoms with van der Waals surface area (Å²) in [7, 11) is 4.32. The molecule has 0 spiro atoms. The maximum atomic E-state index is 4.50. The van der Waals surface area contributed by atoms with Crippen molar-refractivity contribution in [3.8, 4) is 0 Å². The highest BCUT2D eigenvalue weighted by Gasteiger charge is 2.19. The van der Waals surface area contributed by atoms with Gasteiger partial charge in [0.15, 0.2) is 0 Å². The molecule has 0 heterocycles. The van der Waals surface area contributed by atoms with Gasteiger partial charge in [0.2, 0.25) is 0 Å². The fourth-order valence-electron chi connectivity index (χ4n) is 2.85. The van der Waals surface area contributed by atoms with Crippen molar-refractivity contribution in [1.82, 2.24) is 4.90 Å². The zero-order valence-corrected chi connectivity index (χ0v) is 16.0. The van der Waals surface area contributed by atoms with E-state index in [1.807, 2.05) is 0 Å². The van der Waals surface area contributed by atoms with Crippen molar-refractivity contribution in [3.05, 3.63) is 23.3 Å². The third-order valence-electron chi connectivity index (χ3n) is 4.22. The summed E-state index contributed by atoms with van der Waals surface area (Å²) in [5, 5.41) is 0. The number of hydrogen-bond acceptors (Lipinski definition) is 1. The molecule has 0 saturated carbocycles. The Balaban J connectivity index is 5.19. The van der Waals surface area contributed by atoms with Crippen molar-refractivity contribution in [2.45, 2.75) is 73.6 Å². The van der Waals surface area contributed by atoms with Crippen LogP contribution in [-0.2, 0) is 0 Å². The first-order valence-corrected chi connectivity index (χ1v) is 8.64. The van der Waals surface area contributed by atoms with Gasteiger partial charge < -0.3 is 4.90 Å². The Labute approximate surface area is 134 Å². The van der Waals surface area contributed by atoms with Crippen LogP contribution >= 0.6 is 0 Å². The highest BCUT2D eigenvalue weighted by molar-refractivity contribution is 5.35. The summed E-state index contributed by atoms with van der Waals surface area (Å²) in [6, 6.07) is 0. The van der Waals surface area contributed by atoms with E-state index in [1.54, 1.807) is 11.1 Å². The Kier molecular flexibility index (Phi) is 9.20. The Morgan fingerprint density at radius 3 is 2.05 bits per heavy atom. The minimum Gasteiger partial charge on any atom is -0.309 e. The van der Waals surface area contributed by atoms with Crippen LogP contribution in [0.5, 0.6) is 0 Å². The van der Waals surface area contributed by atoms with Crippen LogP contribution in [0.2, 0.25) is 0 Å². The predicted octanol–water partition coefficient (Wildman–Crippen LogP) is 6.07. The van der Waals surface area contributed by atoms with Crippen LogP contribution in [0.1, 0.15) is 73.6 Å². The van der Waals surface area contributed by atoms with Crippen molar-refractivity contribution in [2.75, 3.05) is 20.6 Å². The van der Waals surface area contributed by atoms with Gasteiger partial charge in [-0.2, -0.15) is 0 Å². The molecule has 124 valence electrons. The smallest absolute Gasteiger partial charge is 0.00439 e. The second-order valence-electron chi connectivity index (χ2n) is 7.96. The summed E-state index contributed by atoms with van der Waals surface area (Å²) in [4.78, 5) is 2.29. The van der Waals surface area contributed by atoms with Crippen molar-refractivity contribution >= 4 is 0 Å². The summed E-state index contributed by atoms with van der Waals surface area (Å²) in [6.45, 7) is 19.5. The number of nitrogens with zero attached hydrogens (tertiary/aromatic N) is 1. The average Bonchev–Trinajstić information content (AvgIpc) is 2.34. The summed E-state index contributed by atoms with van der Waals surface area (Å²) in [5.74, 6) is 0.585.